The summed E-state index contributed by atoms with van der Waals surface area (Å²) in [6.45, 7) is 2.10. The lowest BCUT2D eigenvalue weighted by molar-refractivity contribution is 0.0745. The molecule has 1 fully saturated rings. The number of hydrogen-bond acceptors (Lipinski definition) is 4. The monoisotopic (exact) mass is 170 g/mol. The van der Waals surface area contributed by atoms with Crippen molar-refractivity contribution in [3.8, 4) is 0 Å². The zero-order chi connectivity index (χ0) is 8.39. The Morgan fingerprint density at radius 3 is 3.08 bits per heavy atom. The Hall–Kier alpha value is -1.07. The van der Waals surface area contributed by atoms with Crippen LogP contribution in [0, 0.1) is 0 Å². The number of ether oxygens (including phenoxy) is 1. The lowest BCUT2D eigenvalue weighted by Gasteiger charge is -2.21. The van der Waals surface area contributed by atoms with Crippen molar-refractivity contribution in [3.63, 3.8) is 0 Å². The van der Waals surface area contributed by atoms with Crippen molar-refractivity contribution in [2.45, 2.75) is 6.04 Å². The van der Waals surface area contributed by atoms with Crippen LogP contribution in [0.25, 0.3) is 0 Å². The second kappa shape index (κ2) is 3.12. The number of aromatic amines is 1. The van der Waals surface area contributed by atoms with Crippen LogP contribution in [-0.4, -0.2) is 24.9 Å². The van der Waals surface area contributed by atoms with Gasteiger partial charge in [0.05, 0.1) is 24.9 Å². The Kier molecular flexibility index (Phi) is 1.97. The van der Waals surface area contributed by atoms with Gasteiger partial charge in [-0.25, -0.2) is 9.95 Å². The van der Waals surface area contributed by atoms with Gasteiger partial charge in [0.15, 0.2) is 0 Å². The van der Waals surface area contributed by atoms with E-state index in [0.29, 0.717) is 6.61 Å². The van der Waals surface area contributed by atoms with Gasteiger partial charge in [-0.2, -0.15) is 0 Å². The van der Waals surface area contributed by atoms with E-state index in [1.165, 1.54) is 6.07 Å². The second-order valence-electron chi connectivity index (χ2n) is 2.70. The van der Waals surface area contributed by atoms with Crippen LogP contribution >= 0.6 is 0 Å². The van der Waals surface area contributed by atoms with Crippen LogP contribution in [0.3, 0.4) is 0 Å². The Morgan fingerprint density at radius 2 is 2.50 bits per heavy atom. The molecule has 1 unspecified atom stereocenters. The summed E-state index contributed by atoms with van der Waals surface area (Å²) in [4.78, 5) is 10.7. The first kappa shape index (κ1) is 7.57. The molecule has 1 saturated heterocycles. The molecular formula is C7H10N2O3. The van der Waals surface area contributed by atoms with Gasteiger partial charge >= 0.3 is 5.63 Å². The SMILES string of the molecule is O=c1cc(C2COCCN2)[nH]o1. The van der Waals surface area contributed by atoms with Crippen molar-refractivity contribution in [1.82, 2.24) is 10.5 Å². The van der Waals surface area contributed by atoms with Crippen LogP contribution in [0.4, 0.5) is 0 Å². The van der Waals surface area contributed by atoms with E-state index in [9.17, 15) is 4.79 Å². The summed E-state index contributed by atoms with van der Waals surface area (Å²) in [5.41, 5.74) is 0.400. The van der Waals surface area contributed by atoms with E-state index in [1.54, 1.807) is 0 Å². The Morgan fingerprint density at radius 1 is 1.58 bits per heavy atom. The normalized spacial score (nSPS) is 24.2. The predicted octanol–water partition coefficient (Wildman–Crippen LogP) is -0.371. The number of nitrogens with one attached hydrogen (secondary N) is 2. The lowest BCUT2D eigenvalue weighted by atomic mass is 10.2. The summed E-state index contributed by atoms with van der Waals surface area (Å²) >= 11 is 0. The molecule has 0 spiro atoms. The van der Waals surface area contributed by atoms with E-state index in [4.69, 9.17) is 4.74 Å². The van der Waals surface area contributed by atoms with Crippen molar-refractivity contribution in [2.75, 3.05) is 19.8 Å². The van der Waals surface area contributed by atoms with E-state index in [2.05, 4.69) is 15.0 Å². The summed E-state index contributed by atoms with van der Waals surface area (Å²) in [5, 5.41) is 5.74. The molecule has 1 aromatic rings. The number of hydrogen-bond donors (Lipinski definition) is 2. The Labute approximate surface area is 68.7 Å². The molecule has 0 radical (unpaired) electrons. The first-order valence-corrected chi connectivity index (χ1v) is 3.86. The molecule has 2 rings (SSSR count). The highest BCUT2D eigenvalue weighted by Crippen LogP contribution is 2.10. The van der Waals surface area contributed by atoms with Crippen LogP contribution in [0.2, 0.25) is 0 Å². The second-order valence-corrected chi connectivity index (χ2v) is 2.70. The molecule has 0 bridgehead atoms. The van der Waals surface area contributed by atoms with Gasteiger partial charge < -0.3 is 14.6 Å². The Balaban J connectivity index is 2.13. The van der Waals surface area contributed by atoms with E-state index in [-0.39, 0.29) is 11.7 Å². The molecule has 0 aliphatic carbocycles. The maximum absolute atomic E-state index is 10.7. The van der Waals surface area contributed by atoms with Crippen LogP contribution in [0.5, 0.6) is 0 Å². The maximum atomic E-state index is 10.7. The highest BCUT2D eigenvalue weighted by Gasteiger charge is 2.17. The zero-order valence-corrected chi connectivity index (χ0v) is 6.50. The van der Waals surface area contributed by atoms with Gasteiger partial charge in [-0.1, -0.05) is 0 Å². The molecule has 0 aromatic carbocycles. The molecule has 0 saturated carbocycles. The molecule has 1 aromatic heterocycles. The van der Waals surface area contributed by atoms with Gasteiger partial charge in [0.2, 0.25) is 0 Å². The van der Waals surface area contributed by atoms with E-state index >= 15 is 0 Å². The minimum absolute atomic E-state index is 0.0604. The molecule has 5 heteroatoms. The molecule has 2 N–H and O–H groups in total. The number of H-pyrrole nitrogens is 1. The molecule has 1 atom stereocenters. The Bertz CT molecular complexity index is 298. The summed E-state index contributed by atoms with van der Waals surface area (Å²) < 4.78 is 9.76. The standard InChI is InChI=1S/C7H10N2O3/c10-7-3-5(9-12-7)6-4-11-2-1-8-6/h3,6,8-9H,1-2,4H2. The predicted molar refractivity (Wildman–Crippen MR) is 40.9 cm³/mol. The van der Waals surface area contributed by atoms with Crippen molar-refractivity contribution in [3.05, 3.63) is 22.2 Å². The molecule has 2 heterocycles. The van der Waals surface area contributed by atoms with E-state index in [1.807, 2.05) is 0 Å². The fourth-order valence-electron chi connectivity index (χ4n) is 1.23. The minimum atomic E-state index is -0.350. The molecule has 12 heavy (non-hydrogen) atoms. The third-order valence-electron chi connectivity index (χ3n) is 1.84. The van der Waals surface area contributed by atoms with Crippen LogP contribution < -0.4 is 10.9 Å². The number of aromatic nitrogens is 1. The molecule has 0 amide bonds. The van der Waals surface area contributed by atoms with Crippen molar-refractivity contribution < 1.29 is 9.26 Å². The van der Waals surface area contributed by atoms with Crippen LogP contribution in [0.1, 0.15) is 11.7 Å². The summed E-state index contributed by atoms with van der Waals surface area (Å²) in [5.74, 6) is 0. The topological polar surface area (TPSA) is 67.3 Å². The fraction of sp³-hybridized carbons (Fsp3) is 0.571. The molecule has 1 aliphatic rings. The molecular weight excluding hydrogens is 160 g/mol. The number of morpholine rings is 1. The van der Waals surface area contributed by atoms with Crippen LogP contribution in [0.15, 0.2) is 15.4 Å². The summed E-state index contributed by atoms with van der Waals surface area (Å²) in [7, 11) is 0. The smallest absolute Gasteiger partial charge is 0.357 e. The molecule has 66 valence electrons. The lowest BCUT2D eigenvalue weighted by Crippen LogP contribution is -2.34. The first-order valence-electron chi connectivity index (χ1n) is 3.86. The minimum Gasteiger partial charge on any atom is -0.378 e. The molecule has 1 aliphatic heterocycles. The summed E-state index contributed by atoms with van der Waals surface area (Å²) in [6.07, 6.45) is 0. The third kappa shape index (κ3) is 1.41. The van der Waals surface area contributed by atoms with Crippen LogP contribution in [-0.2, 0) is 4.74 Å². The van der Waals surface area contributed by atoms with Gasteiger partial charge in [-0.05, 0) is 0 Å². The fourth-order valence-corrected chi connectivity index (χ4v) is 1.23. The maximum Gasteiger partial charge on any atom is 0.357 e. The van der Waals surface area contributed by atoms with Crippen molar-refractivity contribution in [2.24, 2.45) is 0 Å². The zero-order valence-electron chi connectivity index (χ0n) is 6.50. The average molecular weight is 170 g/mol. The highest BCUT2D eigenvalue weighted by molar-refractivity contribution is 5.03. The van der Waals surface area contributed by atoms with Gasteiger partial charge in [0, 0.05) is 12.6 Å². The number of rotatable bonds is 1. The van der Waals surface area contributed by atoms with Gasteiger partial charge in [-0.15, -0.1) is 0 Å². The van der Waals surface area contributed by atoms with Crippen molar-refractivity contribution >= 4 is 0 Å². The first-order chi connectivity index (χ1) is 5.86. The van der Waals surface area contributed by atoms with E-state index in [0.717, 1.165) is 18.8 Å². The van der Waals surface area contributed by atoms with Gasteiger partial charge in [-0.3, -0.25) is 0 Å². The van der Waals surface area contributed by atoms with E-state index < -0.39 is 0 Å². The quantitative estimate of drug-likeness (QED) is 0.603. The molecule has 5 nitrogen and oxygen atoms in total. The largest absolute Gasteiger partial charge is 0.378 e. The third-order valence-corrected chi connectivity index (χ3v) is 1.84. The summed E-state index contributed by atoms with van der Waals surface area (Å²) in [6, 6.07) is 1.50. The highest BCUT2D eigenvalue weighted by atomic mass is 16.5. The average Bonchev–Trinajstić information content (AvgIpc) is 2.54. The van der Waals surface area contributed by atoms with Crippen molar-refractivity contribution in [1.29, 1.82) is 0 Å². The van der Waals surface area contributed by atoms with Gasteiger partial charge in [0.1, 0.15) is 0 Å². The van der Waals surface area contributed by atoms with Gasteiger partial charge in [0.25, 0.3) is 0 Å².